The Hall–Kier alpha value is -0.120. The van der Waals surface area contributed by atoms with Gasteiger partial charge in [0.1, 0.15) is 0 Å². The maximum absolute atomic E-state index is 3.60. The van der Waals surface area contributed by atoms with Crippen molar-refractivity contribution in [2.45, 2.75) is 77.9 Å². The Balaban J connectivity index is 2.38. The van der Waals surface area contributed by atoms with E-state index in [4.69, 9.17) is 0 Å². The van der Waals surface area contributed by atoms with E-state index in [0.29, 0.717) is 6.04 Å². The van der Waals surface area contributed by atoms with Gasteiger partial charge in [0.05, 0.1) is 0 Å². The third kappa shape index (κ3) is 6.55. The normalized spacial score (nSPS) is 24.6. The monoisotopic (exact) mass is 283 g/mol. The zero-order chi connectivity index (χ0) is 15.2. The summed E-state index contributed by atoms with van der Waals surface area (Å²) in [6, 6.07) is 1.46. The molecule has 0 aromatic rings. The maximum atomic E-state index is 3.60. The molecule has 1 aliphatic rings. The van der Waals surface area contributed by atoms with Crippen molar-refractivity contribution in [3.8, 4) is 0 Å². The van der Waals surface area contributed by atoms with Gasteiger partial charge in [0.15, 0.2) is 0 Å². The summed E-state index contributed by atoms with van der Waals surface area (Å²) >= 11 is 0. The summed E-state index contributed by atoms with van der Waals surface area (Å²) in [5, 5.41) is 3.60. The third-order valence-electron chi connectivity index (χ3n) is 4.44. The molecule has 0 saturated carbocycles. The molecule has 120 valence electrons. The van der Waals surface area contributed by atoms with Crippen LogP contribution < -0.4 is 5.32 Å². The number of nitrogens with zero attached hydrogens (tertiary/aromatic N) is 2. The van der Waals surface area contributed by atoms with Gasteiger partial charge >= 0.3 is 0 Å². The molecule has 0 aliphatic carbocycles. The average molecular weight is 284 g/mol. The summed E-state index contributed by atoms with van der Waals surface area (Å²) < 4.78 is 0. The molecule has 3 heteroatoms. The van der Waals surface area contributed by atoms with Crippen LogP contribution in [0.5, 0.6) is 0 Å². The van der Waals surface area contributed by atoms with E-state index in [9.17, 15) is 0 Å². The van der Waals surface area contributed by atoms with Crippen molar-refractivity contribution < 1.29 is 0 Å². The highest BCUT2D eigenvalue weighted by molar-refractivity contribution is 4.82. The minimum atomic E-state index is 0.251. The number of hydrogen-bond donors (Lipinski definition) is 1. The molecule has 0 amide bonds. The quantitative estimate of drug-likeness (QED) is 0.756. The minimum Gasteiger partial charge on any atom is -0.312 e. The van der Waals surface area contributed by atoms with Gasteiger partial charge < -0.3 is 10.2 Å². The Morgan fingerprint density at radius 1 is 1.25 bits per heavy atom. The van der Waals surface area contributed by atoms with Crippen LogP contribution in [0.1, 0.15) is 60.3 Å². The van der Waals surface area contributed by atoms with E-state index in [1.807, 2.05) is 0 Å². The lowest BCUT2D eigenvalue weighted by Gasteiger charge is -2.35. The molecule has 20 heavy (non-hydrogen) atoms. The SMILES string of the molecule is CCC1CN(C)CCCN1C(C)CCCNC(C)(C)C. The van der Waals surface area contributed by atoms with Crippen molar-refractivity contribution in [3.05, 3.63) is 0 Å². The highest BCUT2D eigenvalue weighted by Crippen LogP contribution is 2.18. The molecule has 0 aromatic heterocycles. The van der Waals surface area contributed by atoms with Crippen molar-refractivity contribution in [1.82, 2.24) is 15.1 Å². The van der Waals surface area contributed by atoms with E-state index in [-0.39, 0.29) is 5.54 Å². The lowest BCUT2D eigenvalue weighted by molar-refractivity contribution is 0.129. The molecule has 1 heterocycles. The van der Waals surface area contributed by atoms with Crippen molar-refractivity contribution in [3.63, 3.8) is 0 Å². The summed E-state index contributed by atoms with van der Waals surface area (Å²) in [5.41, 5.74) is 0.251. The summed E-state index contributed by atoms with van der Waals surface area (Å²) in [4.78, 5) is 5.27. The molecule has 2 atom stereocenters. The second kappa shape index (κ2) is 8.35. The molecule has 0 spiro atoms. The summed E-state index contributed by atoms with van der Waals surface area (Å²) in [6.45, 7) is 16.4. The molecule has 1 fully saturated rings. The Morgan fingerprint density at radius 2 is 1.95 bits per heavy atom. The van der Waals surface area contributed by atoms with Crippen LogP contribution in [0.25, 0.3) is 0 Å². The molecule has 0 bridgehead atoms. The number of nitrogens with one attached hydrogen (secondary N) is 1. The van der Waals surface area contributed by atoms with E-state index in [2.05, 4.69) is 56.8 Å². The maximum Gasteiger partial charge on any atom is 0.0223 e. The fourth-order valence-corrected chi connectivity index (χ4v) is 3.23. The molecule has 1 rings (SSSR count). The predicted octanol–water partition coefficient (Wildman–Crippen LogP) is 2.96. The van der Waals surface area contributed by atoms with Crippen LogP contribution in [0.3, 0.4) is 0 Å². The van der Waals surface area contributed by atoms with Gasteiger partial charge in [-0.25, -0.2) is 0 Å². The first-order chi connectivity index (χ1) is 9.33. The smallest absolute Gasteiger partial charge is 0.0223 e. The first kappa shape index (κ1) is 17.9. The summed E-state index contributed by atoms with van der Waals surface area (Å²) in [5.74, 6) is 0. The van der Waals surface area contributed by atoms with E-state index in [0.717, 1.165) is 12.6 Å². The van der Waals surface area contributed by atoms with Crippen molar-refractivity contribution in [2.75, 3.05) is 33.2 Å². The van der Waals surface area contributed by atoms with Crippen LogP contribution in [-0.2, 0) is 0 Å². The van der Waals surface area contributed by atoms with E-state index in [1.165, 1.54) is 45.3 Å². The predicted molar refractivity (Wildman–Crippen MR) is 89.4 cm³/mol. The second-order valence-electron chi connectivity index (χ2n) is 7.58. The Labute approximate surface area is 127 Å². The second-order valence-corrected chi connectivity index (χ2v) is 7.58. The number of rotatable bonds is 6. The third-order valence-corrected chi connectivity index (χ3v) is 4.44. The summed E-state index contributed by atoms with van der Waals surface area (Å²) in [6.07, 6.45) is 5.18. The van der Waals surface area contributed by atoms with Gasteiger partial charge in [0.2, 0.25) is 0 Å². The fraction of sp³-hybridized carbons (Fsp3) is 1.00. The molecule has 0 aromatic carbocycles. The lowest BCUT2D eigenvalue weighted by Crippen LogP contribution is -2.45. The van der Waals surface area contributed by atoms with E-state index in [1.54, 1.807) is 0 Å². The van der Waals surface area contributed by atoms with E-state index < -0.39 is 0 Å². The molecule has 2 unspecified atom stereocenters. The molecule has 0 radical (unpaired) electrons. The first-order valence-electron chi connectivity index (χ1n) is 8.53. The van der Waals surface area contributed by atoms with E-state index >= 15 is 0 Å². The van der Waals surface area contributed by atoms with Gasteiger partial charge in [0, 0.05) is 24.2 Å². The van der Waals surface area contributed by atoms with Crippen molar-refractivity contribution >= 4 is 0 Å². The topological polar surface area (TPSA) is 18.5 Å². The number of likely N-dealkylation sites (N-methyl/N-ethyl adjacent to an activating group) is 1. The zero-order valence-electron chi connectivity index (χ0n) is 14.7. The van der Waals surface area contributed by atoms with Crippen LogP contribution in [0.2, 0.25) is 0 Å². The largest absolute Gasteiger partial charge is 0.312 e. The Morgan fingerprint density at radius 3 is 2.55 bits per heavy atom. The van der Waals surface area contributed by atoms with Crippen LogP contribution >= 0.6 is 0 Å². The average Bonchev–Trinajstić information content (AvgIpc) is 2.54. The molecule has 3 nitrogen and oxygen atoms in total. The van der Waals surface area contributed by atoms with Crippen molar-refractivity contribution in [1.29, 1.82) is 0 Å². The zero-order valence-corrected chi connectivity index (χ0v) is 14.7. The van der Waals surface area contributed by atoms with Gasteiger partial charge in [-0.1, -0.05) is 6.92 Å². The fourth-order valence-electron chi connectivity index (χ4n) is 3.23. The molecule has 1 N–H and O–H groups in total. The van der Waals surface area contributed by atoms with Crippen LogP contribution in [0.15, 0.2) is 0 Å². The Kier molecular flexibility index (Phi) is 7.49. The molecular formula is C17H37N3. The van der Waals surface area contributed by atoms with Crippen LogP contribution in [-0.4, -0.2) is 60.6 Å². The van der Waals surface area contributed by atoms with Crippen LogP contribution in [0.4, 0.5) is 0 Å². The number of hydrogen-bond acceptors (Lipinski definition) is 3. The van der Waals surface area contributed by atoms with Gasteiger partial charge in [-0.15, -0.1) is 0 Å². The molecule has 1 saturated heterocycles. The molecular weight excluding hydrogens is 246 g/mol. The minimum absolute atomic E-state index is 0.251. The van der Waals surface area contributed by atoms with Crippen molar-refractivity contribution in [2.24, 2.45) is 0 Å². The highest BCUT2D eigenvalue weighted by Gasteiger charge is 2.25. The summed E-state index contributed by atoms with van der Waals surface area (Å²) in [7, 11) is 2.27. The Bertz CT molecular complexity index is 259. The lowest BCUT2D eigenvalue weighted by atomic mass is 10.1. The van der Waals surface area contributed by atoms with Gasteiger partial charge in [-0.2, -0.15) is 0 Å². The molecule has 1 aliphatic heterocycles. The first-order valence-corrected chi connectivity index (χ1v) is 8.53. The van der Waals surface area contributed by atoms with Gasteiger partial charge in [-0.3, -0.25) is 4.90 Å². The van der Waals surface area contributed by atoms with Gasteiger partial charge in [0.25, 0.3) is 0 Å². The standard InChI is InChI=1S/C17H37N3/c1-7-16-14-19(6)12-9-13-20(16)15(2)10-8-11-18-17(3,4)5/h15-16,18H,7-14H2,1-6H3. The van der Waals surface area contributed by atoms with Crippen LogP contribution in [0, 0.1) is 0 Å². The highest BCUT2D eigenvalue weighted by atomic mass is 15.2. The van der Waals surface area contributed by atoms with Gasteiger partial charge in [-0.05, 0) is 80.1 Å².